The molecule has 2 fully saturated rings. The number of hydrogen-bond donors (Lipinski definition) is 2. The number of aliphatic hydroxyl groups excluding tert-OH is 1. The summed E-state index contributed by atoms with van der Waals surface area (Å²) in [6.45, 7) is 10.6. The topological polar surface area (TPSA) is 38.7 Å². The molecule has 2 saturated heterocycles. The van der Waals surface area contributed by atoms with Crippen molar-refractivity contribution >= 4 is 0 Å². The van der Waals surface area contributed by atoms with Crippen LogP contribution in [0, 0.1) is 5.92 Å². The van der Waals surface area contributed by atoms with Crippen molar-refractivity contribution in [2.45, 2.75) is 45.1 Å². The van der Waals surface area contributed by atoms with Crippen LogP contribution in [0.2, 0.25) is 0 Å². The second-order valence-corrected chi connectivity index (χ2v) is 6.59. The van der Waals surface area contributed by atoms with Gasteiger partial charge in [0.25, 0.3) is 0 Å². The molecule has 2 unspecified atom stereocenters. The minimum Gasteiger partial charge on any atom is -0.390 e. The monoisotopic (exact) mass is 283 g/mol. The highest BCUT2D eigenvalue weighted by atomic mass is 16.3. The number of β-amino-alcohol motifs (C(OH)–C–C–N with tert-alkyl or cyclic N) is 1. The van der Waals surface area contributed by atoms with Gasteiger partial charge < -0.3 is 15.3 Å². The maximum absolute atomic E-state index is 10.3. The Morgan fingerprint density at radius 1 is 1.05 bits per heavy atom. The Morgan fingerprint density at radius 2 is 1.75 bits per heavy atom. The first kappa shape index (κ1) is 16.2. The molecule has 2 aliphatic heterocycles. The van der Waals surface area contributed by atoms with Crippen LogP contribution in [0.5, 0.6) is 0 Å². The number of hydrogen-bond acceptors (Lipinski definition) is 4. The second kappa shape index (κ2) is 8.98. The Hall–Kier alpha value is -0.160. The summed E-state index contributed by atoms with van der Waals surface area (Å²) in [4.78, 5) is 4.88. The zero-order valence-corrected chi connectivity index (χ0v) is 13.2. The lowest BCUT2D eigenvalue weighted by Gasteiger charge is -2.31. The minimum atomic E-state index is -0.184. The molecule has 4 heteroatoms. The number of likely N-dealkylation sites (tertiary alicyclic amines) is 1. The molecule has 118 valence electrons. The lowest BCUT2D eigenvalue weighted by atomic mass is 9.96. The molecule has 4 nitrogen and oxygen atoms in total. The average molecular weight is 283 g/mol. The van der Waals surface area contributed by atoms with Gasteiger partial charge in [-0.05, 0) is 38.3 Å². The van der Waals surface area contributed by atoms with E-state index >= 15 is 0 Å². The van der Waals surface area contributed by atoms with E-state index in [0.29, 0.717) is 0 Å². The quantitative estimate of drug-likeness (QED) is 0.767. The minimum absolute atomic E-state index is 0.184. The number of rotatable bonds is 6. The molecule has 0 saturated carbocycles. The molecule has 0 aliphatic carbocycles. The van der Waals surface area contributed by atoms with E-state index in [2.05, 4.69) is 22.0 Å². The summed E-state index contributed by atoms with van der Waals surface area (Å²) in [6.07, 6.45) is 6.54. The van der Waals surface area contributed by atoms with Gasteiger partial charge in [0.15, 0.2) is 0 Å². The summed E-state index contributed by atoms with van der Waals surface area (Å²) in [5.41, 5.74) is 0. The summed E-state index contributed by atoms with van der Waals surface area (Å²) in [5.74, 6) is 0.926. The third-order valence-corrected chi connectivity index (χ3v) is 4.78. The van der Waals surface area contributed by atoms with Gasteiger partial charge in [0, 0.05) is 39.3 Å². The highest BCUT2D eigenvalue weighted by molar-refractivity contribution is 4.76. The van der Waals surface area contributed by atoms with E-state index in [4.69, 9.17) is 0 Å². The fraction of sp³-hybridized carbons (Fsp3) is 1.00. The highest BCUT2D eigenvalue weighted by Gasteiger charge is 2.20. The predicted octanol–water partition coefficient (Wildman–Crippen LogP) is 1.15. The van der Waals surface area contributed by atoms with Crippen molar-refractivity contribution in [2.24, 2.45) is 5.92 Å². The van der Waals surface area contributed by atoms with Gasteiger partial charge in [0.1, 0.15) is 0 Å². The summed E-state index contributed by atoms with van der Waals surface area (Å²) < 4.78 is 0. The Balaban J connectivity index is 1.66. The van der Waals surface area contributed by atoms with Crippen LogP contribution in [0.15, 0.2) is 0 Å². The maximum atomic E-state index is 10.3. The van der Waals surface area contributed by atoms with E-state index < -0.39 is 0 Å². The highest BCUT2D eigenvalue weighted by Crippen LogP contribution is 2.21. The van der Waals surface area contributed by atoms with Gasteiger partial charge in [0.2, 0.25) is 0 Å². The lowest BCUT2D eigenvalue weighted by molar-refractivity contribution is 0.0701. The molecule has 2 atom stereocenters. The van der Waals surface area contributed by atoms with Crippen LogP contribution >= 0.6 is 0 Å². The number of nitrogens with zero attached hydrogens (tertiary/aromatic N) is 2. The Bertz CT molecular complexity index is 256. The first-order valence-electron chi connectivity index (χ1n) is 8.61. The molecule has 20 heavy (non-hydrogen) atoms. The Kier molecular flexibility index (Phi) is 7.28. The molecule has 0 aromatic rings. The van der Waals surface area contributed by atoms with Gasteiger partial charge in [-0.25, -0.2) is 0 Å². The second-order valence-electron chi connectivity index (χ2n) is 6.59. The summed E-state index contributed by atoms with van der Waals surface area (Å²) >= 11 is 0. The molecule has 0 aromatic carbocycles. The predicted molar refractivity (Wildman–Crippen MR) is 84.0 cm³/mol. The number of nitrogens with one attached hydrogen (secondary N) is 1. The van der Waals surface area contributed by atoms with Crippen LogP contribution in [-0.2, 0) is 0 Å². The van der Waals surface area contributed by atoms with Gasteiger partial charge in [-0.1, -0.05) is 19.8 Å². The molecule has 2 rings (SSSR count). The van der Waals surface area contributed by atoms with Crippen molar-refractivity contribution in [3.63, 3.8) is 0 Å². The van der Waals surface area contributed by atoms with Crippen molar-refractivity contribution in [2.75, 3.05) is 52.4 Å². The summed E-state index contributed by atoms with van der Waals surface area (Å²) in [6, 6.07) is 0. The van der Waals surface area contributed by atoms with Crippen LogP contribution in [0.1, 0.15) is 39.0 Å². The molecule has 0 bridgehead atoms. The SMILES string of the molecule is CCCC1CCCN(CC(O)CN2CCNCC2)CC1. The molecule has 0 spiro atoms. The fourth-order valence-electron chi connectivity index (χ4n) is 3.65. The standard InChI is InChI=1S/C16H33N3O/c1-2-4-15-5-3-9-18(10-6-15)13-16(20)14-19-11-7-17-8-12-19/h15-17,20H,2-14H2,1H3. The van der Waals surface area contributed by atoms with Gasteiger partial charge in [0.05, 0.1) is 6.10 Å². The molecule has 2 N–H and O–H groups in total. The smallest absolute Gasteiger partial charge is 0.0793 e. The lowest BCUT2D eigenvalue weighted by Crippen LogP contribution is -2.48. The van der Waals surface area contributed by atoms with Crippen molar-refractivity contribution < 1.29 is 5.11 Å². The maximum Gasteiger partial charge on any atom is 0.0793 e. The number of piperazine rings is 1. The van der Waals surface area contributed by atoms with Gasteiger partial charge in [-0.2, -0.15) is 0 Å². The molecule has 2 heterocycles. The number of aliphatic hydroxyl groups is 1. The van der Waals surface area contributed by atoms with Crippen LogP contribution in [-0.4, -0.2) is 73.4 Å². The average Bonchev–Trinajstić information content (AvgIpc) is 2.66. The van der Waals surface area contributed by atoms with Crippen molar-refractivity contribution in [1.29, 1.82) is 0 Å². The van der Waals surface area contributed by atoms with Crippen LogP contribution in [0.25, 0.3) is 0 Å². The third-order valence-electron chi connectivity index (χ3n) is 4.78. The van der Waals surface area contributed by atoms with E-state index in [1.54, 1.807) is 0 Å². The molecular weight excluding hydrogens is 250 g/mol. The van der Waals surface area contributed by atoms with E-state index in [9.17, 15) is 5.11 Å². The van der Waals surface area contributed by atoms with Crippen LogP contribution in [0.3, 0.4) is 0 Å². The first-order chi connectivity index (χ1) is 9.78. The molecule has 0 radical (unpaired) electrons. The first-order valence-corrected chi connectivity index (χ1v) is 8.61. The molecule has 2 aliphatic rings. The molecule has 0 amide bonds. The van der Waals surface area contributed by atoms with Crippen molar-refractivity contribution in [1.82, 2.24) is 15.1 Å². The zero-order valence-electron chi connectivity index (χ0n) is 13.2. The van der Waals surface area contributed by atoms with Gasteiger partial charge >= 0.3 is 0 Å². The third kappa shape index (κ3) is 5.68. The van der Waals surface area contributed by atoms with E-state index in [0.717, 1.165) is 45.2 Å². The van der Waals surface area contributed by atoms with E-state index in [1.165, 1.54) is 45.2 Å². The van der Waals surface area contributed by atoms with Crippen LogP contribution < -0.4 is 5.32 Å². The fourth-order valence-corrected chi connectivity index (χ4v) is 3.65. The Labute approximate surface area is 124 Å². The van der Waals surface area contributed by atoms with E-state index in [1.807, 2.05) is 0 Å². The molecule has 0 aromatic heterocycles. The normalized spacial score (nSPS) is 28.2. The molecular formula is C16H33N3O. The van der Waals surface area contributed by atoms with E-state index in [-0.39, 0.29) is 6.10 Å². The van der Waals surface area contributed by atoms with Crippen molar-refractivity contribution in [3.05, 3.63) is 0 Å². The zero-order chi connectivity index (χ0) is 14.2. The summed E-state index contributed by atoms with van der Waals surface area (Å²) in [7, 11) is 0. The van der Waals surface area contributed by atoms with Gasteiger partial charge in [-0.3, -0.25) is 4.90 Å². The van der Waals surface area contributed by atoms with Gasteiger partial charge in [-0.15, -0.1) is 0 Å². The Morgan fingerprint density at radius 3 is 2.45 bits per heavy atom. The van der Waals surface area contributed by atoms with Crippen molar-refractivity contribution in [3.8, 4) is 0 Å². The van der Waals surface area contributed by atoms with Crippen LogP contribution in [0.4, 0.5) is 0 Å². The summed E-state index contributed by atoms with van der Waals surface area (Å²) in [5, 5.41) is 13.7. The largest absolute Gasteiger partial charge is 0.390 e.